The lowest BCUT2D eigenvalue weighted by molar-refractivity contribution is -0.128. The molecule has 1 aliphatic rings. The van der Waals surface area contributed by atoms with Gasteiger partial charge in [-0.05, 0) is 31.5 Å². The van der Waals surface area contributed by atoms with E-state index < -0.39 is 0 Å². The summed E-state index contributed by atoms with van der Waals surface area (Å²) in [6.45, 7) is 4.57. The molecule has 1 aromatic rings. The van der Waals surface area contributed by atoms with Gasteiger partial charge in [-0.3, -0.25) is 14.5 Å². The van der Waals surface area contributed by atoms with Crippen molar-refractivity contribution in [1.29, 1.82) is 0 Å². The fourth-order valence-corrected chi connectivity index (χ4v) is 2.60. The van der Waals surface area contributed by atoms with Gasteiger partial charge < -0.3 is 15.8 Å². The van der Waals surface area contributed by atoms with Crippen LogP contribution >= 0.6 is 0 Å². The lowest BCUT2D eigenvalue weighted by Crippen LogP contribution is -2.46. The average molecular weight is 332 g/mol. The number of hydrogen-bond acceptors (Lipinski definition) is 5. The first kappa shape index (κ1) is 17.8. The van der Waals surface area contributed by atoms with Crippen molar-refractivity contribution in [3.8, 4) is 5.75 Å². The Kier molecular flexibility index (Phi) is 5.78. The minimum Gasteiger partial charge on any atom is -0.494 e. The van der Waals surface area contributed by atoms with Gasteiger partial charge in [-0.2, -0.15) is 0 Å². The standard InChI is InChI=1S/C17H24N4O3/c1-4-13-9-15(22)21(17(18)20-13)10-12-8-11(16(23)19-3)6-7-14(12)24-5-2/h6-8,13H,4-5,9-10H2,1-3H3,(H2,18,20)(H,19,23). The van der Waals surface area contributed by atoms with E-state index in [0.29, 0.717) is 24.3 Å². The Morgan fingerprint density at radius 3 is 2.79 bits per heavy atom. The van der Waals surface area contributed by atoms with E-state index in [2.05, 4.69) is 10.3 Å². The van der Waals surface area contributed by atoms with Gasteiger partial charge in [0, 0.05) is 24.6 Å². The maximum absolute atomic E-state index is 12.4. The molecule has 0 radical (unpaired) electrons. The second-order valence-electron chi connectivity index (χ2n) is 5.57. The zero-order chi connectivity index (χ0) is 17.7. The molecule has 0 spiro atoms. The maximum Gasteiger partial charge on any atom is 0.251 e. The summed E-state index contributed by atoms with van der Waals surface area (Å²) in [5.41, 5.74) is 7.19. The molecule has 24 heavy (non-hydrogen) atoms. The van der Waals surface area contributed by atoms with Gasteiger partial charge in [0.05, 0.1) is 19.2 Å². The number of benzene rings is 1. The van der Waals surface area contributed by atoms with E-state index >= 15 is 0 Å². The molecule has 1 atom stereocenters. The maximum atomic E-state index is 12.4. The van der Waals surface area contributed by atoms with Gasteiger partial charge in [-0.1, -0.05) is 6.92 Å². The average Bonchev–Trinajstić information content (AvgIpc) is 2.58. The minimum atomic E-state index is -0.197. The summed E-state index contributed by atoms with van der Waals surface area (Å²) < 4.78 is 5.61. The second-order valence-corrected chi connectivity index (χ2v) is 5.57. The van der Waals surface area contributed by atoms with Gasteiger partial charge >= 0.3 is 0 Å². The first-order valence-electron chi connectivity index (χ1n) is 8.11. The van der Waals surface area contributed by atoms with E-state index in [1.807, 2.05) is 13.8 Å². The van der Waals surface area contributed by atoms with Crippen LogP contribution in [0.4, 0.5) is 0 Å². The van der Waals surface area contributed by atoms with E-state index in [-0.39, 0.29) is 30.4 Å². The molecule has 2 rings (SSSR count). The second kappa shape index (κ2) is 7.81. The molecule has 1 heterocycles. The fourth-order valence-electron chi connectivity index (χ4n) is 2.60. The summed E-state index contributed by atoms with van der Waals surface area (Å²) in [6.07, 6.45) is 1.12. The summed E-state index contributed by atoms with van der Waals surface area (Å²) >= 11 is 0. The number of nitrogens with one attached hydrogen (secondary N) is 1. The molecule has 2 amide bonds. The lowest BCUT2D eigenvalue weighted by atomic mass is 10.1. The summed E-state index contributed by atoms with van der Waals surface area (Å²) in [5, 5.41) is 2.59. The summed E-state index contributed by atoms with van der Waals surface area (Å²) in [4.78, 5) is 30.0. The first-order chi connectivity index (χ1) is 11.5. The third-order valence-corrected chi connectivity index (χ3v) is 3.95. The number of aliphatic imine (C=N–C) groups is 1. The summed E-state index contributed by atoms with van der Waals surface area (Å²) in [7, 11) is 1.57. The van der Waals surface area contributed by atoms with Crippen molar-refractivity contribution in [2.45, 2.75) is 39.3 Å². The van der Waals surface area contributed by atoms with E-state index in [0.717, 1.165) is 12.0 Å². The molecule has 0 bridgehead atoms. The number of guanidine groups is 1. The van der Waals surface area contributed by atoms with Gasteiger partial charge in [0.25, 0.3) is 5.91 Å². The number of nitrogens with two attached hydrogens (primary N) is 1. The Labute approximate surface area is 141 Å². The summed E-state index contributed by atoms with van der Waals surface area (Å²) in [5.74, 6) is 0.577. The van der Waals surface area contributed by atoms with Crippen molar-refractivity contribution < 1.29 is 14.3 Å². The van der Waals surface area contributed by atoms with E-state index in [9.17, 15) is 9.59 Å². The van der Waals surface area contributed by atoms with Gasteiger partial charge in [-0.25, -0.2) is 4.99 Å². The number of amides is 2. The molecule has 1 unspecified atom stereocenters. The van der Waals surface area contributed by atoms with Crippen LogP contribution in [0, 0.1) is 0 Å². The van der Waals surface area contributed by atoms with Crippen LogP contribution in [0.25, 0.3) is 0 Å². The number of nitrogens with zero attached hydrogens (tertiary/aromatic N) is 2. The number of rotatable bonds is 6. The number of carbonyl (C=O) groups is 2. The smallest absolute Gasteiger partial charge is 0.251 e. The topological polar surface area (TPSA) is 97.0 Å². The van der Waals surface area contributed by atoms with Crippen molar-refractivity contribution >= 4 is 17.8 Å². The van der Waals surface area contributed by atoms with E-state index in [1.165, 1.54) is 4.90 Å². The molecular weight excluding hydrogens is 308 g/mol. The van der Waals surface area contributed by atoms with Gasteiger partial charge in [0.2, 0.25) is 5.91 Å². The minimum absolute atomic E-state index is 0.0580. The Morgan fingerprint density at radius 2 is 2.21 bits per heavy atom. The van der Waals surface area contributed by atoms with Gasteiger partial charge in [0.1, 0.15) is 5.75 Å². The third-order valence-electron chi connectivity index (χ3n) is 3.95. The quantitative estimate of drug-likeness (QED) is 0.820. The fraction of sp³-hybridized carbons (Fsp3) is 0.471. The Morgan fingerprint density at radius 1 is 1.46 bits per heavy atom. The highest BCUT2D eigenvalue weighted by Crippen LogP contribution is 2.24. The van der Waals surface area contributed by atoms with Crippen LogP contribution in [0.2, 0.25) is 0 Å². The molecule has 7 nitrogen and oxygen atoms in total. The first-order valence-corrected chi connectivity index (χ1v) is 8.11. The van der Waals surface area contributed by atoms with Crippen molar-refractivity contribution in [1.82, 2.24) is 10.2 Å². The predicted octanol–water partition coefficient (Wildman–Crippen LogP) is 1.27. The molecule has 0 saturated heterocycles. The highest BCUT2D eigenvalue weighted by Gasteiger charge is 2.27. The van der Waals surface area contributed by atoms with Crippen LogP contribution < -0.4 is 15.8 Å². The van der Waals surface area contributed by atoms with E-state index in [4.69, 9.17) is 10.5 Å². The van der Waals surface area contributed by atoms with Crippen LogP contribution in [0.5, 0.6) is 5.75 Å². The molecule has 130 valence electrons. The van der Waals surface area contributed by atoms with Crippen molar-refractivity contribution in [3.05, 3.63) is 29.3 Å². The Balaban J connectivity index is 2.32. The van der Waals surface area contributed by atoms with Crippen LogP contribution in [0.3, 0.4) is 0 Å². The van der Waals surface area contributed by atoms with Gasteiger partial charge in [0.15, 0.2) is 5.96 Å². The Bertz CT molecular complexity index is 657. The third kappa shape index (κ3) is 3.84. The number of ether oxygens (including phenoxy) is 1. The monoisotopic (exact) mass is 332 g/mol. The van der Waals surface area contributed by atoms with Crippen LogP contribution in [-0.4, -0.2) is 42.4 Å². The molecule has 0 aromatic heterocycles. The van der Waals surface area contributed by atoms with Crippen LogP contribution in [-0.2, 0) is 11.3 Å². The molecule has 1 aliphatic heterocycles. The zero-order valence-electron chi connectivity index (χ0n) is 14.3. The molecule has 0 fully saturated rings. The van der Waals surface area contributed by atoms with Crippen LogP contribution in [0.15, 0.2) is 23.2 Å². The van der Waals surface area contributed by atoms with Crippen LogP contribution in [0.1, 0.15) is 42.6 Å². The number of carbonyl (C=O) groups excluding carboxylic acids is 2. The zero-order valence-corrected chi connectivity index (χ0v) is 14.3. The lowest BCUT2D eigenvalue weighted by Gasteiger charge is -2.29. The molecule has 0 aliphatic carbocycles. The molecule has 0 saturated carbocycles. The van der Waals surface area contributed by atoms with Crippen molar-refractivity contribution in [2.75, 3.05) is 13.7 Å². The molecule has 7 heteroatoms. The summed E-state index contributed by atoms with van der Waals surface area (Å²) in [6, 6.07) is 5.09. The van der Waals surface area contributed by atoms with Gasteiger partial charge in [-0.15, -0.1) is 0 Å². The predicted molar refractivity (Wildman–Crippen MR) is 91.9 cm³/mol. The van der Waals surface area contributed by atoms with Crippen molar-refractivity contribution in [3.63, 3.8) is 0 Å². The highest BCUT2D eigenvalue weighted by atomic mass is 16.5. The van der Waals surface area contributed by atoms with Crippen molar-refractivity contribution in [2.24, 2.45) is 10.7 Å². The largest absolute Gasteiger partial charge is 0.494 e. The highest BCUT2D eigenvalue weighted by molar-refractivity contribution is 5.98. The molecular formula is C17H24N4O3. The normalized spacial score (nSPS) is 17.5. The van der Waals surface area contributed by atoms with E-state index in [1.54, 1.807) is 25.2 Å². The Hall–Kier alpha value is -2.57. The molecule has 1 aromatic carbocycles. The number of hydrogen-bond donors (Lipinski definition) is 2. The SMILES string of the molecule is CCOc1ccc(C(=O)NC)cc1CN1C(=O)CC(CC)N=C1N. The molecule has 3 N–H and O–H groups in total.